The number of carbonyl (C=O) groups excluding carboxylic acids is 2. The van der Waals surface area contributed by atoms with Gasteiger partial charge in [0.2, 0.25) is 11.8 Å². The third-order valence-electron chi connectivity index (χ3n) is 4.77. The zero-order valence-corrected chi connectivity index (χ0v) is 18.0. The second-order valence-corrected chi connectivity index (χ2v) is 8.02. The fraction of sp³-hybridized carbons (Fsp3) is 0.391. The number of nitrogens with zero attached hydrogens (tertiary/aromatic N) is 1. The fourth-order valence-electron chi connectivity index (χ4n) is 3.01. The molecule has 0 unspecified atom stereocenters. The Labute approximate surface area is 172 Å². The lowest BCUT2D eigenvalue weighted by molar-refractivity contribution is -0.140. The van der Waals surface area contributed by atoms with Crippen LogP contribution in [0.25, 0.3) is 0 Å². The van der Waals surface area contributed by atoms with Crippen molar-refractivity contribution in [3.8, 4) is 0 Å². The zero-order chi connectivity index (χ0) is 20.8. The molecule has 1 N–H and O–H groups in total. The summed E-state index contributed by atoms with van der Waals surface area (Å²) in [6.45, 7) is 9.99. The van der Waals surface area contributed by atoms with Crippen LogP contribution in [0.1, 0.15) is 43.0 Å². The number of nitrogens with one attached hydrogen (secondary N) is 1. The van der Waals surface area contributed by atoms with Gasteiger partial charge in [0, 0.05) is 17.6 Å². The molecular weight excluding hydrogens is 372 g/mol. The zero-order valence-electron chi connectivity index (χ0n) is 17.3. The van der Waals surface area contributed by atoms with Crippen molar-refractivity contribution in [3.63, 3.8) is 0 Å². The van der Waals surface area contributed by atoms with E-state index < -0.39 is 6.04 Å². The first-order valence-electron chi connectivity index (χ1n) is 9.57. The summed E-state index contributed by atoms with van der Waals surface area (Å²) in [6.07, 6.45) is 0.251. The molecule has 0 heterocycles. The van der Waals surface area contributed by atoms with Gasteiger partial charge in [-0.1, -0.05) is 41.9 Å². The Kier molecular flexibility index (Phi) is 7.64. The molecule has 0 aliphatic heterocycles. The summed E-state index contributed by atoms with van der Waals surface area (Å²) in [7, 11) is 0. The topological polar surface area (TPSA) is 49.4 Å². The average molecular weight is 401 g/mol. The number of aryl methyl sites for hydroxylation is 2. The van der Waals surface area contributed by atoms with E-state index in [1.807, 2.05) is 64.1 Å². The Morgan fingerprint density at radius 2 is 1.71 bits per heavy atom. The quantitative estimate of drug-likeness (QED) is 0.746. The van der Waals surface area contributed by atoms with Crippen LogP contribution >= 0.6 is 11.6 Å². The molecule has 28 heavy (non-hydrogen) atoms. The molecule has 0 radical (unpaired) electrons. The highest BCUT2D eigenvalue weighted by Crippen LogP contribution is 2.17. The molecule has 0 saturated carbocycles. The average Bonchev–Trinajstić information content (AvgIpc) is 2.61. The van der Waals surface area contributed by atoms with Crippen LogP contribution in [0.15, 0.2) is 42.5 Å². The number of carbonyl (C=O) groups is 2. The SMILES string of the molecule is Cc1ccc(CC(=O)N(Cc2cccc(Cl)c2)[C@H](C)C(=O)NC(C)C)cc1C. The minimum absolute atomic E-state index is 0.0119. The molecule has 0 bridgehead atoms. The predicted octanol–water partition coefficient (Wildman–Crippen LogP) is 4.44. The van der Waals surface area contributed by atoms with Gasteiger partial charge in [-0.2, -0.15) is 0 Å². The van der Waals surface area contributed by atoms with Crippen LogP contribution in [0.2, 0.25) is 5.02 Å². The van der Waals surface area contributed by atoms with Crippen molar-refractivity contribution in [2.45, 2.75) is 59.7 Å². The molecule has 2 rings (SSSR count). The Hall–Kier alpha value is -2.33. The number of benzene rings is 2. The number of amides is 2. The molecule has 0 aliphatic carbocycles. The molecule has 2 aromatic rings. The lowest BCUT2D eigenvalue weighted by Gasteiger charge is -2.29. The van der Waals surface area contributed by atoms with Gasteiger partial charge in [0.15, 0.2) is 0 Å². The van der Waals surface area contributed by atoms with Crippen molar-refractivity contribution in [1.82, 2.24) is 10.2 Å². The van der Waals surface area contributed by atoms with E-state index in [1.165, 1.54) is 5.56 Å². The van der Waals surface area contributed by atoms with Gasteiger partial charge in [0.05, 0.1) is 6.42 Å². The van der Waals surface area contributed by atoms with Crippen molar-refractivity contribution in [3.05, 3.63) is 69.7 Å². The summed E-state index contributed by atoms with van der Waals surface area (Å²) >= 11 is 6.10. The molecule has 0 fully saturated rings. The lowest BCUT2D eigenvalue weighted by atomic mass is 10.0. The smallest absolute Gasteiger partial charge is 0.242 e. The van der Waals surface area contributed by atoms with E-state index in [0.717, 1.165) is 16.7 Å². The van der Waals surface area contributed by atoms with Crippen molar-refractivity contribution in [2.24, 2.45) is 0 Å². The van der Waals surface area contributed by atoms with E-state index in [4.69, 9.17) is 11.6 Å². The first kappa shape index (κ1) is 22.0. The number of hydrogen-bond acceptors (Lipinski definition) is 2. The summed E-state index contributed by atoms with van der Waals surface area (Å²) in [6, 6.07) is 12.8. The summed E-state index contributed by atoms with van der Waals surface area (Å²) in [5.41, 5.74) is 4.18. The summed E-state index contributed by atoms with van der Waals surface area (Å²) in [5, 5.41) is 3.51. The molecule has 0 aliphatic rings. The minimum Gasteiger partial charge on any atom is -0.352 e. The van der Waals surface area contributed by atoms with Crippen LogP contribution in [0.3, 0.4) is 0 Å². The molecule has 2 aromatic carbocycles. The molecule has 5 heteroatoms. The van der Waals surface area contributed by atoms with E-state index in [1.54, 1.807) is 17.9 Å². The van der Waals surface area contributed by atoms with Crippen molar-refractivity contribution in [2.75, 3.05) is 0 Å². The summed E-state index contributed by atoms with van der Waals surface area (Å²) in [4.78, 5) is 27.3. The first-order valence-corrected chi connectivity index (χ1v) is 9.95. The van der Waals surface area contributed by atoms with Gasteiger partial charge in [-0.05, 0) is 69.0 Å². The van der Waals surface area contributed by atoms with E-state index in [0.29, 0.717) is 11.6 Å². The van der Waals surface area contributed by atoms with Crippen molar-refractivity contribution < 1.29 is 9.59 Å². The van der Waals surface area contributed by atoms with Gasteiger partial charge in [0.1, 0.15) is 6.04 Å². The molecule has 0 aromatic heterocycles. The van der Waals surface area contributed by atoms with Crippen molar-refractivity contribution in [1.29, 1.82) is 0 Å². The predicted molar refractivity (Wildman–Crippen MR) is 114 cm³/mol. The van der Waals surface area contributed by atoms with E-state index >= 15 is 0 Å². The molecule has 150 valence electrons. The van der Waals surface area contributed by atoms with E-state index in [-0.39, 0.29) is 24.3 Å². The van der Waals surface area contributed by atoms with Gasteiger partial charge in [-0.25, -0.2) is 0 Å². The van der Waals surface area contributed by atoms with Crippen molar-refractivity contribution >= 4 is 23.4 Å². The lowest BCUT2D eigenvalue weighted by Crippen LogP contribution is -2.49. The Morgan fingerprint density at radius 3 is 2.32 bits per heavy atom. The highest BCUT2D eigenvalue weighted by molar-refractivity contribution is 6.30. The van der Waals surface area contributed by atoms with E-state index in [9.17, 15) is 9.59 Å². The summed E-state index contributed by atoms with van der Waals surface area (Å²) in [5.74, 6) is -0.250. The molecule has 0 saturated heterocycles. The molecular formula is C23H29ClN2O2. The number of rotatable bonds is 7. The first-order chi connectivity index (χ1) is 13.2. The Morgan fingerprint density at radius 1 is 1.00 bits per heavy atom. The van der Waals surface area contributed by atoms with Crippen LogP contribution in [-0.2, 0) is 22.6 Å². The maximum atomic E-state index is 13.1. The number of halogens is 1. The molecule has 4 nitrogen and oxygen atoms in total. The number of hydrogen-bond donors (Lipinski definition) is 1. The van der Waals surface area contributed by atoms with Gasteiger partial charge in [-0.15, -0.1) is 0 Å². The van der Waals surface area contributed by atoms with Crippen LogP contribution in [-0.4, -0.2) is 28.8 Å². The molecule has 0 spiro atoms. The van der Waals surface area contributed by atoms with Gasteiger partial charge in [-0.3, -0.25) is 9.59 Å². The maximum absolute atomic E-state index is 13.1. The Balaban J connectivity index is 2.26. The largest absolute Gasteiger partial charge is 0.352 e. The standard InChI is InChI=1S/C23H29ClN2O2/c1-15(2)25-23(28)18(5)26(14-20-7-6-8-21(24)12-20)22(27)13-19-10-9-16(3)17(4)11-19/h6-12,15,18H,13-14H2,1-5H3,(H,25,28)/t18-/m1/s1. The maximum Gasteiger partial charge on any atom is 0.242 e. The van der Waals surface area contributed by atoms with Crippen LogP contribution in [0.5, 0.6) is 0 Å². The summed E-state index contributed by atoms with van der Waals surface area (Å²) < 4.78 is 0. The second-order valence-electron chi connectivity index (χ2n) is 7.59. The van der Waals surface area contributed by atoms with Gasteiger partial charge < -0.3 is 10.2 Å². The van der Waals surface area contributed by atoms with Crippen LogP contribution < -0.4 is 5.32 Å². The minimum atomic E-state index is -0.583. The molecule has 1 atom stereocenters. The third-order valence-corrected chi connectivity index (χ3v) is 5.00. The monoisotopic (exact) mass is 400 g/mol. The fourth-order valence-corrected chi connectivity index (χ4v) is 3.22. The van der Waals surface area contributed by atoms with E-state index in [2.05, 4.69) is 5.32 Å². The normalized spacial score (nSPS) is 12.0. The molecule has 2 amide bonds. The van der Waals surface area contributed by atoms with Crippen LogP contribution in [0, 0.1) is 13.8 Å². The van der Waals surface area contributed by atoms with Crippen LogP contribution in [0.4, 0.5) is 0 Å². The van der Waals surface area contributed by atoms with Gasteiger partial charge >= 0.3 is 0 Å². The second kappa shape index (κ2) is 9.74. The van der Waals surface area contributed by atoms with Gasteiger partial charge in [0.25, 0.3) is 0 Å². The third kappa shape index (κ3) is 6.10. The highest BCUT2D eigenvalue weighted by atomic mass is 35.5. The Bertz CT molecular complexity index is 848. The highest BCUT2D eigenvalue weighted by Gasteiger charge is 2.26.